The van der Waals surface area contributed by atoms with E-state index in [1.165, 1.54) is 0 Å². The van der Waals surface area contributed by atoms with Gasteiger partial charge in [0.15, 0.2) is 0 Å². The van der Waals surface area contributed by atoms with Gasteiger partial charge in [-0.2, -0.15) is 0 Å². The highest BCUT2D eigenvalue weighted by atomic mass is 16.5. The van der Waals surface area contributed by atoms with E-state index in [4.69, 9.17) is 4.74 Å². The van der Waals surface area contributed by atoms with Crippen molar-refractivity contribution in [2.75, 3.05) is 7.11 Å². The molecule has 1 nitrogen and oxygen atoms in total. The van der Waals surface area contributed by atoms with Crippen molar-refractivity contribution in [3.8, 4) is 0 Å². The average molecular weight is 102 g/mol. The summed E-state index contributed by atoms with van der Waals surface area (Å²) in [6.07, 6.45) is 0. The average Bonchev–Trinajstić information content (AvgIpc) is 1.65. The van der Waals surface area contributed by atoms with Gasteiger partial charge in [0.2, 0.25) is 0 Å². The van der Waals surface area contributed by atoms with Crippen LogP contribution in [0.1, 0.15) is 15.3 Å². The van der Waals surface area contributed by atoms with Gasteiger partial charge in [-0.1, -0.05) is 20.4 Å². The van der Waals surface area contributed by atoms with E-state index in [1.807, 2.05) is 13.8 Å². The number of ether oxygens (including phenoxy) is 1. The van der Waals surface area contributed by atoms with Gasteiger partial charge in [0.05, 0.1) is 12.9 Å². The van der Waals surface area contributed by atoms with Gasteiger partial charge in [0.1, 0.15) is 0 Å². The molecule has 0 aromatic rings. The number of methoxy groups -OCH3 is 1. The molecular weight excluding hydrogens is 88.1 g/mol. The lowest BCUT2D eigenvalue weighted by Crippen LogP contribution is -1.92. The van der Waals surface area contributed by atoms with Gasteiger partial charge in [0.25, 0.3) is 0 Å². The van der Waals surface area contributed by atoms with Crippen molar-refractivity contribution in [3.05, 3.63) is 12.3 Å². The van der Waals surface area contributed by atoms with Crippen LogP contribution in [0.15, 0.2) is 12.3 Å². The molecule has 0 bridgehead atoms. The molecule has 0 amide bonds. The maximum absolute atomic E-state index is 4.82. The molecule has 0 aliphatic rings. The minimum atomic E-state index is 0. The maximum atomic E-state index is 4.82. The minimum Gasteiger partial charge on any atom is -0.501 e. The van der Waals surface area contributed by atoms with Crippen LogP contribution in [0.5, 0.6) is 0 Å². The molecule has 0 saturated heterocycles. The van der Waals surface area contributed by atoms with Gasteiger partial charge in [-0.05, 0) is 0 Å². The van der Waals surface area contributed by atoms with E-state index in [9.17, 15) is 0 Å². The number of hydrogen-bond acceptors (Lipinski definition) is 1. The van der Waals surface area contributed by atoms with Gasteiger partial charge in [0, 0.05) is 7.34 Å². The second-order valence-electron chi connectivity index (χ2n) is 1.83. The molecule has 0 N–H and O–H groups in total. The molecule has 0 heterocycles. The molecule has 44 valence electrons. The highest BCUT2D eigenvalue weighted by molar-refractivity contribution is 4.84. The fourth-order valence-corrected chi connectivity index (χ4v) is 0.236. The van der Waals surface area contributed by atoms with E-state index in [2.05, 4.69) is 6.58 Å². The maximum Gasteiger partial charge on any atom is 0.0909 e. The van der Waals surface area contributed by atoms with Crippen LogP contribution >= 0.6 is 0 Å². The molecule has 0 rings (SSSR count). The third-order valence-electron chi connectivity index (χ3n) is 0.906. The van der Waals surface area contributed by atoms with Crippen LogP contribution < -0.4 is 0 Å². The zero-order valence-corrected chi connectivity index (χ0v) is 5.19. The SMILES string of the molecule is C=C(OC)C(C)C.[HH]. The lowest BCUT2D eigenvalue weighted by atomic mass is 10.2. The summed E-state index contributed by atoms with van der Waals surface area (Å²) < 4.78 is 4.82. The first-order chi connectivity index (χ1) is 3.18. The molecule has 0 atom stereocenters. The highest BCUT2D eigenvalue weighted by Crippen LogP contribution is 2.04. The van der Waals surface area contributed by atoms with Gasteiger partial charge < -0.3 is 4.74 Å². The Morgan fingerprint density at radius 2 is 2.14 bits per heavy atom. The van der Waals surface area contributed by atoms with E-state index < -0.39 is 0 Å². The van der Waals surface area contributed by atoms with Crippen LogP contribution in [-0.4, -0.2) is 7.11 Å². The third-order valence-corrected chi connectivity index (χ3v) is 0.906. The zero-order chi connectivity index (χ0) is 5.86. The Balaban J connectivity index is 0. The topological polar surface area (TPSA) is 9.23 Å². The zero-order valence-electron chi connectivity index (χ0n) is 5.19. The highest BCUT2D eigenvalue weighted by Gasteiger charge is 1.94. The second kappa shape index (κ2) is 2.67. The van der Waals surface area contributed by atoms with Crippen molar-refractivity contribution in [1.29, 1.82) is 0 Å². The number of allylic oxidation sites excluding steroid dienone is 1. The Kier molecular flexibility index (Phi) is 2.49. The van der Waals surface area contributed by atoms with Crippen molar-refractivity contribution >= 4 is 0 Å². The van der Waals surface area contributed by atoms with Crippen molar-refractivity contribution in [1.82, 2.24) is 0 Å². The second-order valence-corrected chi connectivity index (χ2v) is 1.83. The standard InChI is InChI=1S/C6H12O.H2/c1-5(2)6(3)7-4;/h5H,3H2,1-2,4H3;1H. The van der Waals surface area contributed by atoms with Crippen molar-refractivity contribution in [3.63, 3.8) is 0 Å². The van der Waals surface area contributed by atoms with Crippen LogP contribution in [0.25, 0.3) is 0 Å². The first kappa shape index (κ1) is 6.54. The Labute approximate surface area is 46.5 Å². The molecule has 0 spiro atoms. The van der Waals surface area contributed by atoms with Crippen LogP contribution in [0, 0.1) is 5.92 Å². The molecule has 0 aliphatic carbocycles. The van der Waals surface area contributed by atoms with Gasteiger partial charge in [-0.15, -0.1) is 0 Å². The molecule has 0 fully saturated rings. The summed E-state index contributed by atoms with van der Waals surface area (Å²) in [6.45, 7) is 7.75. The molecule has 0 unspecified atom stereocenters. The van der Waals surface area contributed by atoms with Gasteiger partial charge >= 0.3 is 0 Å². The van der Waals surface area contributed by atoms with Crippen molar-refractivity contribution in [2.45, 2.75) is 13.8 Å². The van der Waals surface area contributed by atoms with Crippen LogP contribution in [0.3, 0.4) is 0 Å². The Morgan fingerprint density at radius 3 is 2.14 bits per heavy atom. The fraction of sp³-hybridized carbons (Fsp3) is 0.667. The Bertz CT molecular complexity index is 68.9. The van der Waals surface area contributed by atoms with Gasteiger partial charge in [-0.3, -0.25) is 0 Å². The van der Waals surface area contributed by atoms with Crippen molar-refractivity contribution in [2.24, 2.45) is 5.92 Å². The molecule has 0 saturated carbocycles. The lowest BCUT2D eigenvalue weighted by Gasteiger charge is -2.04. The molecule has 0 aromatic heterocycles. The summed E-state index contributed by atoms with van der Waals surface area (Å²) in [5.74, 6) is 1.30. The summed E-state index contributed by atoms with van der Waals surface area (Å²) in [5, 5.41) is 0. The van der Waals surface area contributed by atoms with E-state index in [-0.39, 0.29) is 1.43 Å². The quantitative estimate of drug-likeness (QED) is 0.485. The summed E-state index contributed by atoms with van der Waals surface area (Å²) in [5.41, 5.74) is 0. The summed E-state index contributed by atoms with van der Waals surface area (Å²) >= 11 is 0. The molecule has 0 aromatic carbocycles. The first-order valence-electron chi connectivity index (χ1n) is 2.41. The number of hydrogen-bond donors (Lipinski definition) is 0. The fourth-order valence-electron chi connectivity index (χ4n) is 0.236. The summed E-state index contributed by atoms with van der Waals surface area (Å²) in [6, 6.07) is 0. The normalized spacial score (nSPS) is 9.14. The van der Waals surface area contributed by atoms with E-state index in [0.29, 0.717) is 5.92 Å². The smallest absolute Gasteiger partial charge is 0.0909 e. The minimum absolute atomic E-state index is 0. The molecule has 1 heteroatoms. The predicted molar refractivity (Wildman–Crippen MR) is 33.1 cm³/mol. The first-order valence-corrected chi connectivity index (χ1v) is 2.41. The van der Waals surface area contributed by atoms with Crippen molar-refractivity contribution < 1.29 is 6.16 Å². The van der Waals surface area contributed by atoms with Crippen LogP contribution in [0.4, 0.5) is 0 Å². The molecule has 0 aliphatic heterocycles. The van der Waals surface area contributed by atoms with E-state index >= 15 is 0 Å². The molecular formula is C6H14O. The summed E-state index contributed by atoms with van der Waals surface area (Å²) in [4.78, 5) is 0. The lowest BCUT2D eigenvalue weighted by molar-refractivity contribution is 0.256. The summed E-state index contributed by atoms with van der Waals surface area (Å²) in [7, 11) is 1.64. The Morgan fingerprint density at radius 1 is 1.71 bits per heavy atom. The van der Waals surface area contributed by atoms with Crippen LogP contribution in [0.2, 0.25) is 0 Å². The van der Waals surface area contributed by atoms with Crippen LogP contribution in [-0.2, 0) is 4.74 Å². The Hall–Kier alpha value is -0.460. The number of rotatable bonds is 2. The molecule has 0 radical (unpaired) electrons. The van der Waals surface area contributed by atoms with E-state index in [0.717, 1.165) is 5.76 Å². The third kappa shape index (κ3) is 2.26. The largest absolute Gasteiger partial charge is 0.501 e. The van der Waals surface area contributed by atoms with Gasteiger partial charge in [-0.25, -0.2) is 0 Å². The predicted octanol–water partition coefficient (Wildman–Crippen LogP) is 2.05. The van der Waals surface area contributed by atoms with E-state index in [1.54, 1.807) is 7.11 Å². The molecule has 7 heavy (non-hydrogen) atoms. The monoisotopic (exact) mass is 102 g/mol.